The highest BCUT2D eigenvalue weighted by Crippen LogP contribution is 2.39. The Bertz CT molecular complexity index is 1120. The maximum atomic E-state index is 15.2. The third-order valence-corrected chi connectivity index (χ3v) is 6.71. The van der Waals surface area contributed by atoms with E-state index in [0.717, 1.165) is 25.7 Å². The first-order chi connectivity index (χ1) is 13.8. The summed E-state index contributed by atoms with van der Waals surface area (Å²) in [4.78, 5) is 11.5. The Hall–Kier alpha value is -3.13. The van der Waals surface area contributed by atoms with Crippen LogP contribution in [-0.2, 0) is 15.0 Å². The summed E-state index contributed by atoms with van der Waals surface area (Å²) in [6, 6.07) is 4.90. The number of aromatic hydroxyl groups is 1. The van der Waals surface area contributed by atoms with Crippen molar-refractivity contribution < 1.29 is 22.7 Å². The minimum absolute atomic E-state index is 0.0529. The largest absolute Gasteiger partial charge is 0.506 e. The van der Waals surface area contributed by atoms with Crippen molar-refractivity contribution in [3.05, 3.63) is 30.3 Å². The molecular formula is C18H18FN5O4S. The molecule has 29 heavy (non-hydrogen) atoms. The number of nitrogens with zero attached hydrogens (tertiary/aromatic N) is 4. The van der Waals surface area contributed by atoms with Gasteiger partial charge in [-0.25, -0.2) is 13.4 Å². The summed E-state index contributed by atoms with van der Waals surface area (Å²) in [7, 11) is -4.27. The number of nitrogens with one attached hydrogen (secondary N) is 1. The zero-order chi connectivity index (χ0) is 20.8. The minimum atomic E-state index is -4.27. The molecule has 2 N–H and O–H groups in total. The van der Waals surface area contributed by atoms with Crippen LogP contribution >= 0.6 is 0 Å². The number of phenols is 1. The number of hydrogen-bond acceptors (Lipinski definition) is 6. The van der Waals surface area contributed by atoms with Crippen molar-refractivity contribution in [1.29, 1.82) is 5.26 Å². The van der Waals surface area contributed by atoms with Crippen LogP contribution in [0.2, 0.25) is 0 Å². The molecule has 152 valence electrons. The van der Waals surface area contributed by atoms with Gasteiger partial charge in [0.2, 0.25) is 0 Å². The fourth-order valence-electron chi connectivity index (χ4n) is 3.81. The number of rotatable bonds is 3. The topological polar surface area (TPSA) is 128 Å². The van der Waals surface area contributed by atoms with Crippen molar-refractivity contribution in [2.75, 3.05) is 10.8 Å². The van der Waals surface area contributed by atoms with Gasteiger partial charge in [-0.15, -0.1) is 0 Å². The number of amides is 1. The highest BCUT2D eigenvalue weighted by Gasteiger charge is 2.38. The van der Waals surface area contributed by atoms with Gasteiger partial charge in [-0.3, -0.25) is 9.48 Å². The summed E-state index contributed by atoms with van der Waals surface area (Å²) in [5.41, 5.74) is -0.102. The van der Waals surface area contributed by atoms with Gasteiger partial charge in [-0.1, -0.05) is 0 Å². The number of carbonyl (C=O) groups is 1. The molecule has 0 bridgehead atoms. The van der Waals surface area contributed by atoms with Crippen LogP contribution in [0.25, 0.3) is 11.1 Å². The molecule has 1 aromatic carbocycles. The molecule has 2 heterocycles. The Kier molecular flexibility index (Phi) is 4.66. The lowest BCUT2D eigenvalue weighted by Gasteiger charge is -2.24. The minimum Gasteiger partial charge on any atom is -0.506 e. The zero-order valence-electron chi connectivity index (χ0n) is 15.2. The number of hydrogen-bond donors (Lipinski definition) is 2. The standard InChI is InChI=1S/C18H18FN5O4S/c19-17-14(5-6-15(25)18(17)24-10-16(26)22-29(24,27)28)12-8-21-23(9-12)13-3-1-11(7-20)2-4-13/h5-6,8-9,11,13,25H,1-4,10H2,(H,22,26). The van der Waals surface area contributed by atoms with E-state index >= 15 is 4.39 Å². The fourth-order valence-corrected chi connectivity index (χ4v) is 4.97. The van der Waals surface area contributed by atoms with E-state index in [-0.39, 0.29) is 17.5 Å². The molecule has 1 aliphatic heterocycles. The van der Waals surface area contributed by atoms with Gasteiger partial charge in [0, 0.05) is 23.2 Å². The molecule has 1 amide bonds. The Labute approximate surface area is 166 Å². The van der Waals surface area contributed by atoms with E-state index in [1.807, 2.05) is 0 Å². The second kappa shape index (κ2) is 7.04. The average molecular weight is 419 g/mol. The Morgan fingerprint density at radius 2 is 2.00 bits per heavy atom. The lowest BCUT2D eigenvalue weighted by molar-refractivity contribution is -0.117. The van der Waals surface area contributed by atoms with Crippen molar-refractivity contribution in [2.45, 2.75) is 31.7 Å². The van der Waals surface area contributed by atoms with E-state index in [1.54, 1.807) is 15.6 Å². The highest BCUT2D eigenvalue weighted by molar-refractivity contribution is 7.92. The Morgan fingerprint density at radius 1 is 1.28 bits per heavy atom. The van der Waals surface area contributed by atoms with Gasteiger partial charge >= 0.3 is 10.2 Å². The Morgan fingerprint density at radius 3 is 2.62 bits per heavy atom. The second-order valence-electron chi connectivity index (χ2n) is 7.18. The van der Waals surface area contributed by atoms with Crippen molar-refractivity contribution in [2.24, 2.45) is 5.92 Å². The molecule has 0 radical (unpaired) electrons. The summed E-state index contributed by atoms with van der Waals surface area (Å²) in [6.45, 7) is -0.613. The van der Waals surface area contributed by atoms with Crippen molar-refractivity contribution in [3.8, 4) is 22.9 Å². The summed E-state index contributed by atoms with van der Waals surface area (Å²) in [6.07, 6.45) is 6.28. The molecule has 4 rings (SSSR count). The van der Waals surface area contributed by atoms with Gasteiger partial charge in [0.15, 0.2) is 5.82 Å². The fraction of sp³-hybridized carbons (Fsp3) is 0.389. The quantitative estimate of drug-likeness (QED) is 0.781. The molecule has 11 heteroatoms. The number of aromatic nitrogens is 2. The second-order valence-corrected chi connectivity index (χ2v) is 8.77. The number of anilines is 1. The van der Waals surface area contributed by atoms with Crippen molar-refractivity contribution in [3.63, 3.8) is 0 Å². The van der Waals surface area contributed by atoms with Crippen LogP contribution in [0.5, 0.6) is 5.75 Å². The smallest absolute Gasteiger partial charge is 0.326 e. The van der Waals surface area contributed by atoms with Crippen LogP contribution in [0.15, 0.2) is 24.5 Å². The normalized spacial score (nSPS) is 23.6. The van der Waals surface area contributed by atoms with Gasteiger partial charge in [0.25, 0.3) is 5.91 Å². The first kappa shape index (κ1) is 19.2. The molecule has 0 spiro atoms. The third-order valence-electron chi connectivity index (χ3n) is 5.33. The number of halogens is 1. The SMILES string of the molecule is N#CC1CCC(n2cc(-c3ccc(O)c(N4CC(=O)NS4(=O)=O)c3F)cn2)CC1. The first-order valence-corrected chi connectivity index (χ1v) is 10.5. The summed E-state index contributed by atoms with van der Waals surface area (Å²) < 4.78 is 43.3. The highest BCUT2D eigenvalue weighted by atomic mass is 32.2. The number of phenolic OH excluding ortho intramolecular Hbond substituents is 1. The average Bonchev–Trinajstić information content (AvgIpc) is 3.26. The van der Waals surface area contributed by atoms with Gasteiger partial charge in [0.05, 0.1) is 18.3 Å². The lowest BCUT2D eigenvalue weighted by Crippen LogP contribution is -2.30. The molecule has 2 aliphatic rings. The van der Waals surface area contributed by atoms with Gasteiger partial charge in [0.1, 0.15) is 18.0 Å². The molecule has 1 saturated carbocycles. The predicted octanol–water partition coefficient (Wildman–Crippen LogP) is 1.83. The first-order valence-electron chi connectivity index (χ1n) is 9.09. The van der Waals surface area contributed by atoms with Crippen LogP contribution in [-0.4, -0.2) is 35.8 Å². The maximum absolute atomic E-state index is 15.2. The maximum Gasteiger partial charge on any atom is 0.326 e. The molecule has 2 fully saturated rings. The monoisotopic (exact) mass is 419 g/mol. The summed E-state index contributed by atoms with van der Waals surface area (Å²) in [5.74, 6) is -2.31. The predicted molar refractivity (Wildman–Crippen MR) is 100 cm³/mol. The van der Waals surface area contributed by atoms with Crippen LogP contribution < -0.4 is 9.03 Å². The number of nitriles is 1. The molecule has 9 nitrogen and oxygen atoms in total. The summed E-state index contributed by atoms with van der Waals surface area (Å²) in [5, 5.41) is 23.4. The summed E-state index contributed by atoms with van der Waals surface area (Å²) >= 11 is 0. The van der Waals surface area contributed by atoms with E-state index in [0.29, 0.717) is 9.87 Å². The Balaban J connectivity index is 1.67. The molecule has 0 unspecified atom stereocenters. The molecule has 2 aromatic rings. The molecule has 1 saturated heterocycles. The van der Waals surface area contributed by atoms with Crippen LogP contribution in [0.3, 0.4) is 0 Å². The molecular weight excluding hydrogens is 401 g/mol. The van der Waals surface area contributed by atoms with Gasteiger partial charge < -0.3 is 5.11 Å². The van der Waals surface area contributed by atoms with Crippen LogP contribution in [0, 0.1) is 23.1 Å². The zero-order valence-corrected chi connectivity index (χ0v) is 16.1. The van der Waals surface area contributed by atoms with E-state index in [2.05, 4.69) is 11.2 Å². The van der Waals surface area contributed by atoms with E-state index < -0.39 is 39.9 Å². The number of benzene rings is 1. The molecule has 1 aliphatic carbocycles. The van der Waals surface area contributed by atoms with Gasteiger partial charge in [-0.05, 0) is 37.8 Å². The van der Waals surface area contributed by atoms with Crippen molar-refractivity contribution in [1.82, 2.24) is 14.5 Å². The molecule has 1 aromatic heterocycles. The number of carbonyl (C=O) groups excluding carboxylic acids is 1. The van der Waals surface area contributed by atoms with E-state index in [4.69, 9.17) is 5.26 Å². The van der Waals surface area contributed by atoms with E-state index in [9.17, 15) is 18.3 Å². The van der Waals surface area contributed by atoms with Gasteiger partial charge in [-0.2, -0.15) is 18.8 Å². The lowest BCUT2D eigenvalue weighted by atomic mass is 9.87. The van der Waals surface area contributed by atoms with Crippen molar-refractivity contribution >= 4 is 21.8 Å². The van der Waals surface area contributed by atoms with Crippen LogP contribution in [0.4, 0.5) is 10.1 Å². The van der Waals surface area contributed by atoms with E-state index in [1.165, 1.54) is 18.3 Å². The third kappa shape index (κ3) is 3.40. The molecule has 0 atom stereocenters. The van der Waals surface area contributed by atoms with Crippen LogP contribution in [0.1, 0.15) is 31.7 Å².